The fourth-order valence-electron chi connectivity index (χ4n) is 6.76. The van der Waals surface area contributed by atoms with Crippen molar-refractivity contribution >= 4 is 17.3 Å². The lowest BCUT2D eigenvalue weighted by atomic mass is 9.53. The monoisotopic (exact) mass is 486 g/mol. The van der Waals surface area contributed by atoms with Crippen LogP contribution in [0.15, 0.2) is 34.6 Å². The third-order valence-corrected chi connectivity index (χ3v) is 8.96. The number of rotatable bonds is 4. The number of carbonyl (C=O) groups is 3. The molecule has 0 radical (unpaired) electrons. The van der Waals surface area contributed by atoms with Crippen LogP contribution in [0.2, 0.25) is 0 Å². The van der Waals surface area contributed by atoms with Crippen molar-refractivity contribution in [1.29, 1.82) is 0 Å². The molecular formula is C28H38O7. The minimum absolute atomic E-state index is 0.0184. The van der Waals surface area contributed by atoms with Gasteiger partial charge in [-0.15, -0.1) is 0 Å². The molecule has 2 N–H and O–H groups in total. The molecule has 4 rings (SSSR count). The highest BCUT2D eigenvalue weighted by atomic mass is 16.5. The Kier molecular flexibility index (Phi) is 6.31. The summed E-state index contributed by atoms with van der Waals surface area (Å²) in [6.07, 6.45) is 3.62. The van der Waals surface area contributed by atoms with Crippen molar-refractivity contribution in [2.75, 3.05) is 0 Å². The molecule has 35 heavy (non-hydrogen) atoms. The second-order valence-corrected chi connectivity index (χ2v) is 11.8. The number of aliphatic hydroxyl groups excluding tert-OH is 1. The lowest BCUT2D eigenvalue weighted by Gasteiger charge is -2.61. The van der Waals surface area contributed by atoms with Gasteiger partial charge in [0.25, 0.3) is 0 Å². The Balaban J connectivity index is 1.69. The summed E-state index contributed by atoms with van der Waals surface area (Å²) >= 11 is 0. The molecule has 0 amide bonds. The van der Waals surface area contributed by atoms with Crippen LogP contribution in [0, 0.1) is 17.3 Å². The minimum Gasteiger partial charge on any atom is -0.482 e. The van der Waals surface area contributed by atoms with E-state index in [1.807, 2.05) is 6.92 Å². The van der Waals surface area contributed by atoms with E-state index >= 15 is 0 Å². The van der Waals surface area contributed by atoms with E-state index in [1.165, 1.54) is 6.08 Å². The van der Waals surface area contributed by atoms with Crippen molar-refractivity contribution in [2.45, 2.75) is 104 Å². The first-order chi connectivity index (χ1) is 16.2. The zero-order chi connectivity index (χ0) is 26.1. The fourth-order valence-corrected chi connectivity index (χ4v) is 6.76. The molecule has 0 spiro atoms. The second-order valence-electron chi connectivity index (χ2n) is 11.8. The number of ketones is 3. The summed E-state index contributed by atoms with van der Waals surface area (Å²) in [7, 11) is 0. The summed E-state index contributed by atoms with van der Waals surface area (Å²) in [6.45, 7) is 12.5. The Morgan fingerprint density at radius 3 is 2.49 bits per heavy atom. The van der Waals surface area contributed by atoms with E-state index in [0.29, 0.717) is 31.3 Å². The van der Waals surface area contributed by atoms with Crippen molar-refractivity contribution in [2.24, 2.45) is 17.3 Å². The number of ether oxygens (including phenoxy) is 2. The second kappa shape index (κ2) is 8.49. The van der Waals surface area contributed by atoms with Crippen LogP contribution in [0.4, 0.5) is 0 Å². The van der Waals surface area contributed by atoms with Gasteiger partial charge < -0.3 is 19.7 Å². The third kappa shape index (κ3) is 3.96. The van der Waals surface area contributed by atoms with Crippen molar-refractivity contribution in [1.82, 2.24) is 0 Å². The average molecular weight is 487 g/mol. The minimum atomic E-state index is -1.20. The van der Waals surface area contributed by atoms with Gasteiger partial charge >= 0.3 is 0 Å². The summed E-state index contributed by atoms with van der Waals surface area (Å²) in [4.78, 5) is 39.5. The molecule has 2 heterocycles. The van der Waals surface area contributed by atoms with Crippen molar-refractivity contribution < 1.29 is 34.1 Å². The number of fused-ring (bicyclic) bond motifs is 3. The first kappa shape index (κ1) is 26.0. The van der Waals surface area contributed by atoms with E-state index in [4.69, 9.17) is 9.47 Å². The Morgan fingerprint density at radius 2 is 1.89 bits per heavy atom. The number of carbonyl (C=O) groups excluding carboxylic acids is 3. The summed E-state index contributed by atoms with van der Waals surface area (Å²) in [5.41, 5.74) is -1.77. The number of hydrogen-bond acceptors (Lipinski definition) is 7. The first-order valence-corrected chi connectivity index (χ1v) is 12.6. The maximum Gasteiger partial charge on any atom is 0.224 e. The molecule has 2 fully saturated rings. The molecule has 0 aromatic heterocycles. The van der Waals surface area contributed by atoms with Gasteiger partial charge in [-0.2, -0.15) is 0 Å². The predicted molar refractivity (Wildman–Crippen MR) is 129 cm³/mol. The number of Topliss-reactive ketones (excluding diaryl/α,β-unsaturated/α-hetero) is 2. The molecule has 2 aliphatic heterocycles. The van der Waals surface area contributed by atoms with E-state index in [9.17, 15) is 24.6 Å². The number of allylic oxidation sites excluding steroid dienone is 4. The maximum atomic E-state index is 13.5. The van der Waals surface area contributed by atoms with Crippen LogP contribution >= 0.6 is 0 Å². The highest BCUT2D eigenvalue weighted by Crippen LogP contribution is 2.59. The topological polar surface area (TPSA) is 110 Å². The van der Waals surface area contributed by atoms with Crippen LogP contribution < -0.4 is 0 Å². The normalized spacial score (nSPS) is 38.7. The van der Waals surface area contributed by atoms with Gasteiger partial charge in [0.15, 0.2) is 17.3 Å². The standard InChI is InChI=1S/C28H38O7/c1-8-14(2)21(30)15(3)16-13-17(29)20-23(32)25-27(6)11-9-18(26(4,5)33)34-19(27)10-12-28(25,7)35-24(20)22(16)31/h8,13,15,18-19,23,25,32-33H,9-12H2,1-7H3/b14-8+/t15-,18+,19+,23+,25+,27-,28+/m0/s1. The van der Waals surface area contributed by atoms with Gasteiger partial charge in [-0.3, -0.25) is 14.4 Å². The van der Waals surface area contributed by atoms with Gasteiger partial charge in [-0.1, -0.05) is 19.9 Å². The zero-order valence-corrected chi connectivity index (χ0v) is 21.8. The zero-order valence-electron chi connectivity index (χ0n) is 21.8. The average Bonchev–Trinajstić information content (AvgIpc) is 2.77. The molecular weight excluding hydrogens is 448 g/mol. The number of aliphatic hydroxyl groups is 2. The van der Waals surface area contributed by atoms with Crippen molar-refractivity contribution in [3.05, 3.63) is 34.6 Å². The van der Waals surface area contributed by atoms with E-state index in [1.54, 1.807) is 40.7 Å². The molecule has 4 aliphatic rings. The molecule has 2 aliphatic carbocycles. The molecule has 7 atom stereocenters. The summed E-state index contributed by atoms with van der Waals surface area (Å²) in [6, 6.07) is 0. The Morgan fingerprint density at radius 1 is 1.23 bits per heavy atom. The molecule has 1 saturated carbocycles. The van der Waals surface area contributed by atoms with Gasteiger partial charge in [-0.05, 0) is 72.0 Å². The third-order valence-electron chi connectivity index (χ3n) is 8.96. The Hall–Kier alpha value is -2.09. The van der Waals surface area contributed by atoms with Crippen LogP contribution in [-0.2, 0) is 23.9 Å². The van der Waals surface area contributed by atoms with Gasteiger partial charge in [0.1, 0.15) is 5.60 Å². The van der Waals surface area contributed by atoms with E-state index < -0.39 is 46.1 Å². The molecule has 7 nitrogen and oxygen atoms in total. The van der Waals surface area contributed by atoms with E-state index in [0.717, 1.165) is 0 Å². The molecule has 192 valence electrons. The van der Waals surface area contributed by atoms with Crippen LogP contribution in [0.1, 0.15) is 74.1 Å². The van der Waals surface area contributed by atoms with Gasteiger partial charge in [0, 0.05) is 22.8 Å². The summed E-state index contributed by atoms with van der Waals surface area (Å²) in [5.74, 6) is -2.59. The van der Waals surface area contributed by atoms with Gasteiger partial charge in [0.2, 0.25) is 5.78 Å². The molecule has 0 bridgehead atoms. The molecule has 0 unspecified atom stereocenters. The highest BCUT2D eigenvalue weighted by Gasteiger charge is 2.64. The largest absolute Gasteiger partial charge is 0.482 e. The van der Waals surface area contributed by atoms with Crippen molar-refractivity contribution in [3.63, 3.8) is 0 Å². The van der Waals surface area contributed by atoms with E-state index in [-0.39, 0.29) is 34.9 Å². The SMILES string of the molecule is C/C=C(\C)C(=O)[C@@H](C)C1=CC(=O)C2=C(O[C@]3(C)CC[C@H]4O[C@@H](C(C)(C)O)CC[C@]4(C)[C@H]3[C@@H]2O)C1=O. The van der Waals surface area contributed by atoms with Gasteiger partial charge in [-0.25, -0.2) is 0 Å². The maximum absolute atomic E-state index is 13.5. The number of hydrogen-bond donors (Lipinski definition) is 2. The lowest BCUT2D eigenvalue weighted by molar-refractivity contribution is -0.260. The van der Waals surface area contributed by atoms with Crippen molar-refractivity contribution in [3.8, 4) is 0 Å². The summed E-state index contributed by atoms with van der Waals surface area (Å²) < 4.78 is 12.7. The molecule has 0 aromatic carbocycles. The predicted octanol–water partition coefficient (Wildman–Crippen LogP) is 3.37. The van der Waals surface area contributed by atoms with E-state index in [2.05, 4.69) is 6.92 Å². The smallest absolute Gasteiger partial charge is 0.224 e. The van der Waals surface area contributed by atoms with Crippen LogP contribution in [0.25, 0.3) is 0 Å². The molecule has 1 saturated heterocycles. The van der Waals surface area contributed by atoms with Crippen LogP contribution in [-0.4, -0.2) is 57.1 Å². The van der Waals surface area contributed by atoms with Crippen LogP contribution in [0.5, 0.6) is 0 Å². The first-order valence-electron chi connectivity index (χ1n) is 12.6. The quantitative estimate of drug-likeness (QED) is 0.463. The highest BCUT2D eigenvalue weighted by molar-refractivity contribution is 6.24. The Bertz CT molecular complexity index is 1060. The van der Waals surface area contributed by atoms with Crippen LogP contribution in [0.3, 0.4) is 0 Å². The molecule has 0 aromatic rings. The summed E-state index contributed by atoms with van der Waals surface area (Å²) in [5, 5.41) is 22.1. The van der Waals surface area contributed by atoms with Gasteiger partial charge in [0.05, 0.1) is 29.5 Å². The molecule has 7 heteroatoms. The fraction of sp³-hybridized carbons (Fsp3) is 0.679. The Labute approximate surface area is 207 Å². The lowest BCUT2D eigenvalue weighted by Crippen LogP contribution is -2.66.